The first-order valence-corrected chi connectivity index (χ1v) is 13.1. The number of benzene rings is 2. The van der Waals surface area contributed by atoms with Crippen molar-refractivity contribution in [3.05, 3.63) is 71.2 Å². The number of amides is 1. The summed E-state index contributed by atoms with van der Waals surface area (Å²) >= 11 is 1.01. The van der Waals surface area contributed by atoms with E-state index in [0.717, 1.165) is 35.7 Å². The maximum absolute atomic E-state index is 13.0. The maximum atomic E-state index is 13.0. The summed E-state index contributed by atoms with van der Waals surface area (Å²) in [5, 5.41) is 0.0863. The van der Waals surface area contributed by atoms with Crippen LogP contribution in [0.2, 0.25) is 0 Å². The molecule has 0 aliphatic carbocycles. The van der Waals surface area contributed by atoms with Crippen molar-refractivity contribution in [3.8, 4) is 11.5 Å². The van der Waals surface area contributed by atoms with Crippen LogP contribution in [0.15, 0.2) is 69.3 Å². The Morgan fingerprint density at radius 2 is 1.88 bits per heavy atom. The van der Waals surface area contributed by atoms with E-state index in [4.69, 9.17) is 9.47 Å². The Kier molecular flexibility index (Phi) is 8.57. The van der Waals surface area contributed by atoms with Crippen molar-refractivity contribution in [2.75, 3.05) is 20.3 Å². The van der Waals surface area contributed by atoms with Gasteiger partial charge in [-0.05, 0) is 61.0 Å². The molecular weight excluding hydrogens is 472 g/mol. The van der Waals surface area contributed by atoms with Gasteiger partial charge in [0, 0.05) is 6.54 Å². The molecule has 0 atom stereocenters. The van der Waals surface area contributed by atoms with E-state index in [0.29, 0.717) is 23.0 Å². The molecule has 180 valence electrons. The molecule has 0 N–H and O–H groups in total. The van der Waals surface area contributed by atoms with Crippen molar-refractivity contribution < 1.29 is 22.7 Å². The van der Waals surface area contributed by atoms with Crippen LogP contribution in [0.4, 0.5) is 0 Å². The molecule has 0 radical (unpaired) electrons. The van der Waals surface area contributed by atoms with E-state index in [1.165, 1.54) is 23.1 Å². The molecule has 0 aromatic heterocycles. The van der Waals surface area contributed by atoms with Gasteiger partial charge < -0.3 is 9.47 Å². The molecule has 2 aromatic carbocycles. The van der Waals surface area contributed by atoms with Gasteiger partial charge >= 0.3 is 0 Å². The molecule has 1 aliphatic rings. The average Bonchev–Trinajstić information content (AvgIpc) is 3.08. The highest BCUT2D eigenvalue weighted by molar-refractivity contribution is 8.19. The third kappa shape index (κ3) is 6.09. The fourth-order valence-corrected chi connectivity index (χ4v) is 5.29. The number of ether oxygens (including phenoxy) is 2. The normalized spacial score (nSPS) is 16.3. The van der Waals surface area contributed by atoms with Gasteiger partial charge in [0.15, 0.2) is 16.7 Å². The number of sulfonamides is 1. The van der Waals surface area contributed by atoms with Crippen LogP contribution in [-0.4, -0.2) is 44.7 Å². The fourth-order valence-electron chi connectivity index (χ4n) is 3.10. The van der Waals surface area contributed by atoms with Gasteiger partial charge in [-0.2, -0.15) is 8.42 Å². The highest BCUT2D eigenvalue weighted by atomic mass is 32.2. The second kappa shape index (κ2) is 11.4. The summed E-state index contributed by atoms with van der Waals surface area (Å²) in [6.45, 7) is 8.36. The number of aryl methyl sites for hydroxylation is 1. The Hall–Kier alpha value is -3.04. The topological polar surface area (TPSA) is 85.3 Å². The molecule has 0 bridgehead atoms. The first kappa shape index (κ1) is 25.6. The van der Waals surface area contributed by atoms with Crippen molar-refractivity contribution in [2.24, 2.45) is 4.40 Å². The van der Waals surface area contributed by atoms with Crippen LogP contribution in [0.1, 0.15) is 30.9 Å². The van der Waals surface area contributed by atoms with Gasteiger partial charge in [-0.1, -0.05) is 43.2 Å². The number of unbranched alkanes of at least 4 members (excludes halogenated alkanes) is 1. The molecule has 1 heterocycles. The van der Waals surface area contributed by atoms with Crippen molar-refractivity contribution in [3.63, 3.8) is 0 Å². The molecule has 1 amide bonds. The Labute approximate surface area is 205 Å². The third-order valence-electron chi connectivity index (χ3n) is 4.96. The minimum atomic E-state index is -3.98. The summed E-state index contributed by atoms with van der Waals surface area (Å²) in [7, 11) is -2.43. The van der Waals surface area contributed by atoms with Crippen LogP contribution in [0.5, 0.6) is 11.5 Å². The first-order valence-electron chi connectivity index (χ1n) is 10.8. The molecule has 0 spiro atoms. The van der Waals surface area contributed by atoms with E-state index in [2.05, 4.69) is 17.9 Å². The molecule has 34 heavy (non-hydrogen) atoms. The molecule has 1 saturated heterocycles. The predicted octanol–water partition coefficient (Wildman–Crippen LogP) is 5.03. The minimum Gasteiger partial charge on any atom is -0.493 e. The van der Waals surface area contributed by atoms with Crippen LogP contribution in [0, 0.1) is 6.92 Å². The molecule has 1 fully saturated rings. The van der Waals surface area contributed by atoms with E-state index < -0.39 is 10.0 Å². The zero-order valence-electron chi connectivity index (χ0n) is 19.5. The predicted molar refractivity (Wildman–Crippen MR) is 137 cm³/mol. The Morgan fingerprint density at radius 3 is 2.53 bits per heavy atom. The smallest absolute Gasteiger partial charge is 0.284 e. The molecular formula is C25H28N2O5S2. The number of hydrogen-bond donors (Lipinski definition) is 0. The second-order valence-corrected chi connectivity index (χ2v) is 10.2. The fraction of sp³-hybridized carbons (Fsp3) is 0.280. The number of rotatable bonds is 10. The van der Waals surface area contributed by atoms with E-state index in [1.807, 2.05) is 13.0 Å². The Balaban J connectivity index is 1.92. The van der Waals surface area contributed by atoms with Crippen LogP contribution in [-0.2, 0) is 14.8 Å². The number of carbonyl (C=O) groups excluding carboxylic acids is 1. The highest BCUT2D eigenvalue weighted by Gasteiger charge is 2.34. The monoisotopic (exact) mass is 500 g/mol. The zero-order valence-corrected chi connectivity index (χ0v) is 21.1. The Bertz CT molecular complexity index is 1220. The van der Waals surface area contributed by atoms with E-state index in [-0.39, 0.29) is 22.5 Å². The van der Waals surface area contributed by atoms with E-state index >= 15 is 0 Å². The summed E-state index contributed by atoms with van der Waals surface area (Å²) in [5.41, 5.74) is 1.66. The quantitative estimate of drug-likeness (QED) is 0.258. The van der Waals surface area contributed by atoms with Gasteiger partial charge in [0.1, 0.15) is 0 Å². The van der Waals surface area contributed by atoms with E-state index in [9.17, 15) is 13.2 Å². The SMILES string of the molecule is C=CCN1C(=O)/C(=C/c2ccc(OCCCC)c(OC)c2)SC1=NS(=O)(=O)c1ccc(C)cc1. The number of hydrogen-bond acceptors (Lipinski definition) is 6. The van der Waals surface area contributed by atoms with Crippen LogP contribution in [0.3, 0.4) is 0 Å². The second-order valence-electron chi connectivity index (χ2n) is 7.59. The molecule has 2 aromatic rings. The van der Waals surface area contributed by atoms with Crippen LogP contribution in [0.25, 0.3) is 6.08 Å². The van der Waals surface area contributed by atoms with Crippen molar-refractivity contribution >= 4 is 38.9 Å². The maximum Gasteiger partial charge on any atom is 0.284 e. The Morgan fingerprint density at radius 1 is 1.15 bits per heavy atom. The lowest BCUT2D eigenvalue weighted by Crippen LogP contribution is -2.29. The summed E-state index contributed by atoms with van der Waals surface area (Å²) < 4.78 is 40.8. The molecule has 1 aliphatic heterocycles. The molecule has 3 rings (SSSR count). The lowest BCUT2D eigenvalue weighted by molar-refractivity contribution is -0.121. The zero-order chi connectivity index (χ0) is 24.7. The number of methoxy groups -OCH3 is 1. The van der Waals surface area contributed by atoms with Gasteiger partial charge in [0.2, 0.25) is 0 Å². The van der Waals surface area contributed by atoms with Crippen molar-refractivity contribution in [1.29, 1.82) is 0 Å². The summed E-state index contributed by atoms with van der Waals surface area (Å²) in [6, 6.07) is 11.8. The van der Waals surface area contributed by atoms with Gasteiger partial charge in [-0.3, -0.25) is 9.69 Å². The lowest BCUT2D eigenvalue weighted by Gasteiger charge is -2.12. The molecule has 0 unspecified atom stereocenters. The molecule has 9 heteroatoms. The third-order valence-corrected chi connectivity index (χ3v) is 7.36. The van der Waals surface area contributed by atoms with Gasteiger partial charge in [0.05, 0.1) is 23.5 Å². The highest BCUT2D eigenvalue weighted by Crippen LogP contribution is 2.35. The molecule has 7 nitrogen and oxygen atoms in total. The number of thioether (sulfide) groups is 1. The summed E-state index contributed by atoms with van der Waals surface area (Å²) in [6.07, 6.45) is 5.17. The van der Waals surface area contributed by atoms with Gasteiger partial charge in [-0.25, -0.2) is 0 Å². The average molecular weight is 501 g/mol. The van der Waals surface area contributed by atoms with Crippen molar-refractivity contribution in [1.82, 2.24) is 4.90 Å². The minimum absolute atomic E-state index is 0.0676. The number of amidine groups is 1. The number of nitrogens with zero attached hydrogens (tertiary/aromatic N) is 2. The van der Waals surface area contributed by atoms with Crippen LogP contribution >= 0.6 is 11.8 Å². The standard InChI is InChI=1S/C25H28N2O5S2/c1-5-7-15-32-21-13-10-19(16-22(21)31-4)17-23-24(28)27(14-6-2)25(33-23)26-34(29,30)20-11-8-18(3)9-12-20/h6,8-13,16-17H,2,5,7,14-15H2,1,3-4H3/b23-17-,26-25?. The number of carbonyl (C=O) groups is 1. The summed E-state index contributed by atoms with van der Waals surface area (Å²) in [4.78, 5) is 14.7. The van der Waals surface area contributed by atoms with Gasteiger partial charge in [-0.15, -0.1) is 11.0 Å². The van der Waals surface area contributed by atoms with E-state index in [1.54, 1.807) is 37.5 Å². The van der Waals surface area contributed by atoms with Gasteiger partial charge in [0.25, 0.3) is 15.9 Å². The molecule has 0 saturated carbocycles. The largest absolute Gasteiger partial charge is 0.493 e. The lowest BCUT2D eigenvalue weighted by atomic mass is 10.2. The van der Waals surface area contributed by atoms with Crippen LogP contribution < -0.4 is 9.47 Å². The first-order chi connectivity index (χ1) is 16.3. The van der Waals surface area contributed by atoms with Crippen molar-refractivity contribution in [2.45, 2.75) is 31.6 Å². The summed E-state index contributed by atoms with van der Waals surface area (Å²) in [5.74, 6) is 0.841.